The molecule has 0 fully saturated rings. The van der Waals surface area contributed by atoms with Crippen molar-refractivity contribution in [3.8, 4) is 5.75 Å². The number of rotatable bonds is 5. The van der Waals surface area contributed by atoms with Crippen molar-refractivity contribution in [1.29, 1.82) is 0 Å². The normalized spacial score (nSPS) is 29.6. The minimum Gasteiger partial charge on any atom is -0.493 e. The van der Waals surface area contributed by atoms with Crippen LogP contribution in [0.2, 0.25) is 0 Å². The van der Waals surface area contributed by atoms with Crippen LogP contribution in [-0.4, -0.2) is 24.6 Å². The highest BCUT2D eigenvalue weighted by Gasteiger charge is 2.45. The lowest BCUT2D eigenvalue weighted by Gasteiger charge is -2.38. The number of nitrogens with one attached hydrogen (secondary N) is 1. The van der Waals surface area contributed by atoms with Crippen molar-refractivity contribution < 1.29 is 9.47 Å². The first-order chi connectivity index (χ1) is 14.7. The zero-order valence-electron chi connectivity index (χ0n) is 17.3. The van der Waals surface area contributed by atoms with Gasteiger partial charge in [-0.15, -0.1) is 0 Å². The minimum atomic E-state index is -0.186. The summed E-state index contributed by atoms with van der Waals surface area (Å²) in [7, 11) is 0. The van der Waals surface area contributed by atoms with Crippen molar-refractivity contribution in [2.45, 2.75) is 37.5 Å². The fourth-order valence-corrected chi connectivity index (χ4v) is 4.81. The predicted molar refractivity (Wildman–Crippen MR) is 120 cm³/mol. The summed E-state index contributed by atoms with van der Waals surface area (Å²) in [5, 5.41) is 3.76. The van der Waals surface area contributed by atoms with E-state index >= 15 is 0 Å². The molecule has 0 spiro atoms. The lowest BCUT2D eigenvalue weighted by Crippen LogP contribution is -2.50. The van der Waals surface area contributed by atoms with Crippen LogP contribution in [0.3, 0.4) is 0 Å². The standard InChI is InChI=1S/C26H28N2O2/c1-26(20-12-6-3-7-13-20)25(19-10-4-2-5-11-19)27-24(28-26)18-30-23-16-17-29-22-15-9-8-14-21(22)23/h2-12,14-15,20,23,25H,13,16-18H2,1H3,(H,27,28)/t20?,23?,25-,26+/m1/s1. The maximum absolute atomic E-state index is 6.35. The largest absolute Gasteiger partial charge is 0.493 e. The summed E-state index contributed by atoms with van der Waals surface area (Å²) in [5.41, 5.74) is 2.18. The molecule has 3 aliphatic rings. The van der Waals surface area contributed by atoms with Gasteiger partial charge in [-0.05, 0) is 25.0 Å². The van der Waals surface area contributed by atoms with Gasteiger partial charge in [0, 0.05) is 17.9 Å². The van der Waals surface area contributed by atoms with Gasteiger partial charge in [-0.2, -0.15) is 0 Å². The van der Waals surface area contributed by atoms with E-state index in [-0.39, 0.29) is 17.7 Å². The number of allylic oxidation sites excluding steroid dienone is 3. The molecule has 2 aliphatic heterocycles. The van der Waals surface area contributed by atoms with Crippen LogP contribution in [-0.2, 0) is 4.74 Å². The molecule has 1 N–H and O–H groups in total. The van der Waals surface area contributed by atoms with Gasteiger partial charge in [0.25, 0.3) is 0 Å². The molecule has 0 saturated heterocycles. The molecule has 2 aromatic rings. The fourth-order valence-electron chi connectivity index (χ4n) is 4.81. The molecule has 4 heteroatoms. The molecule has 4 nitrogen and oxygen atoms in total. The summed E-state index contributed by atoms with van der Waals surface area (Å²) in [6.07, 6.45) is 10.7. The Labute approximate surface area is 178 Å². The second-order valence-corrected chi connectivity index (χ2v) is 8.43. The van der Waals surface area contributed by atoms with Gasteiger partial charge in [-0.1, -0.05) is 72.8 Å². The third-order valence-electron chi connectivity index (χ3n) is 6.46. The molecule has 4 atom stereocenters. The number of benzene rings is 2. The Morgan fingerprint density at radius 3 is 2.77 bits per heavy atom. The second-order valence-electron chi connectivity index (χ2n) is 8.43. The highest BCUT2D eigenvalue weighted by Crippen LogP contribution is 2.42. The van der Waals surface area contributed by atoms with Gasteiger partial charge >= 0.3 is 0 Å². The molecule has 2 heterocycles. The zero-order chi connectivity index (χ0) is 20.4. The molecule has 0 saturated carbocycles. The molecule has 0 radical (unpaired) electrons. The van der Waals surface area contributed by atoms with E-state index in [4.69, 9.17) is 14.5 Å². The maximum atomic E-state index is 6.35. The Morgan fingerprint density at radius 2 is 1.93 bits per heavy atom. The number of para-hydroxylation sites is 1. The second kappa shape index (κ2) is 8.11. The smallest absolute Gasteiger partial charge is 0.125 e. The topological polar surface area (TPSA) is 42.8 Å². The molecule has 0 aromatic heterocycles. The molecule has 0 bridgehead atoms. The van der Waals surface area contributed by atoms with Gasteiger partial charge in [-0.3, -0.25) is 4.99 Å². The Bertz CT molecular complexity index is 982. The molecule has 2 aromatic carbocycles. The van der Waals surface area contributed by atoms with E-state index in [2.05, 4.69) is 72.9 Å². The van der Waals surface area contributed by atoms with E-state index in [1.165, 1.54) is 5.56 Å². The van der Waals surface area contributed by atoms with Gasteiger partial charge in [-0.25, -0.2) is 0 Å². The van der Waals surface area contributed by atoms with Crippen molar-refractivity contribution >= 4 is 5.84 Å². The average Bonchev–Trinajstić information content (AvgIpc) is 3.16. The number of hydrogen-bond acceptors (Lipinski definition) is 4. The van der Waals surface area contributed by atoms with Crippen LogP contribution in [0.25, 0.3) is 0 Å². The highest BCUT2D eigenvalue weighted by molar-refractivity contribution is 5.86. The quantitative estimate of drug-likeness (QED) is 0.754. The van der Waals surface area contributed by atoms with Crippen molar-refractivity contribution in [1.82, 2.24) is 5.32 Å². The van der Waals surface area contributed by atoms with Crippen molar-refractivity contribution in [2.24, 2.45) is 10.9 Å². The van der Waals surface area contributed by atoms with E-state index in [0.717, 1.165) is 30.0 Å². The van der Waals surface area contributed by atoms with Crippen LogP contribution in [0.5, 0.6) is 5.75 Å². The molecule has 5 rings (SSSR count). The van der Waals surface area contributed by atoms with Crippen LogP contribution in [0.4, 0.5) is 0 Å². The molecule has 2 unspecified atom stereocenters. The highest BCUT2D eigenvalue weighted by atomic mass is 16.5. The summed E-state index contributed by atoms with van der Waals surface area (Å²) in [5.74, 6) is 2.23. The summed E-state index contributed by atoms with van der Waals surface area (Å²) < 4.78 is 12.1. The predicted octanol–water partition coefficient (Wildman–Crippen LogP) is 5.16. The van der Waals surface area contributed by atoms with Gasteiger partial charge in [0.15, 0.2) is 0 Å². The number of amidine groups is 1. The van der Waals surface area contributed by atoms with Crippen molar-refractivity contribution in [3.05, 3.63) is 90.0 Å². The fraction of sp³-hybridized carbons (Fsp3) is 0.346. The first-order valence-electron chi connectivity index (χ1n) is 10.8. The number of aliphatic imine (C=N–C) groups is 1. The lowest BCUT2D eigenvalue weighted by molar-refractivity contribution is 0.0457. The molecule has 154 valence electrons. The monoisotopic (exact) mass is 400 g/mol. The molecule has 30 heavy (non-hydrogen) atoms. The number of ether oxygens (including phenoxy) is 2. The Balaban J connectivity index is 1.37. The Morgan fingerprint density at radius 1 is 1.10 bits per heavy atom. The van der Waals surface area contributed by atoms with Gasteiger partial charge < -0.3 is 14.8 Å². The number of nitrogens with zero attached hydrogens (tertiary/aromatic N) is 1. The Kier molecular flexibility index (Phi) is 5.17. The van der Waals surface area contributed by atoms with E-state index in [1.54, 1.807) is 0 Å². The third kappa shape index (κ3) is 3.56. The summed E-state index contributed by atoms with van der Waals surface area (Å²) >= 11 is 0. The number of hydrogen-bond donors (Lipinski definition) is 1. The van der Waals surface area contributed by atoms with Crippen LogP contribution in [0.15, 0.2) is 83.9 Å². The van der Waals surface area contributed by atoms with Crippen LogP contribution in [0, 0.1) is 5.92 Å². The van der Waals surface area contributed by atoms with Crippen molar-refractivity contribution in [3.63, 3.8) is 0 Å². The van der Waals surface area contributed by atoms with Gasteiger partial charge in [0.05, 0.1) is 18.2 Å². The third-order valence-corrected chi connectivity index (χ3v) is 6.46. The van der Waals surface area contributed by atoms with E-state index < -0.39 is 0 Å². The van der Waals surface area contributed by atoms with E-state index in [9.17, 15) is 0 Å². The SMILES string of the molecule is C[C@@]1(C2C=CC=CC2)NC(COC2CCOc3ccccc32)=N[C@@H]1c1ccccc1. The van der Waals surface area contributed by atoms with E-state index in [1.807, 2.05) is 18.2 Å². The van der Waals surface area contributed by atoms with Crippen LogP contribution >= 0.6 is 0 Å². The first kappa shape index (κ1) is 19.1. The maximum Gasteiger partial charge on any atom is 0.125 e. The number of fused-ring (bicyclic) bond motifs is 1. The van der Waals surface area contributed by atoms with Gasteiger partial charge in [0.2, 0.25) is 0 Å². The molecule has 0 amide bonds. The van der Waals surface area contributed by atoms with Crippen molar-refractivity contribution in [2.75, 3.05) is 13.2 Å². The molecular formula is C26H28N2O2. The molecule has 1 aliphatic carbocycles. The van der Waals surface area contributed by atoms with Crippen LogP contribution in [0.1, 0.15) is 43.0 Å². The molecular weight excluding hydrogens is 372 g/mol. The van der Waals surface area contributed by atoms with Gasteiger partial charge in [0.1, 0.15) is 24.2 Å². The lowest BCUT2D eigenvalue weighted by atomic mass is 9.75. The van der Waals surface area contributed by atoms with Crippen LogP contribution < -0.4 is 10.1 Å². The van der Waals surface area contributed by atoms with E-state index in [0.29, 0.717) is 19.1 Å². The average molecular weight is 401 g/mol. The summed E-state index contributed by atoms with van der Waals surface area (Å²) in [4.78, 5) is 5.12. The zero-order valence-corrected chi connectivity index (χ0v) is 17.3. The Hall–Kier alpha value is -2.85. The first-order valence-corrected chi connectivity index (χ1v) is 10.8. The summed E-state index contributed by atoms with van der Waals surface area (Å²) in [6, 6.07) is 18.8. The summed E-state index contributed by atoms with van der Waals surface area (Å²) in [6.45, 7) is 3.45. The minimum absolute atomic E-state index is 0.0407.